The summed E-state index contributed by atoms with van der Waals surface area (Å²) in [5.41, 5.74) is 1.84. The number of nitrogens with one attached hydrogen (secondary N) is 1. The van der Waals surface area contributed by atoms with Gasteiger partial charge in [0.2, 0.25) is 5.91 Å². The molecule has 4 heteroatoms. The molecule has 0 saturated carbocycles. The Hall–Kier alpha value is -1.55. The summed E-state index contributed by atoms with van der Waals surface area (Å²) in [6.45, 7) is 4.25. The van der Waals surface area contributed by atoms with E-state index in [0.717, 1.165) is 11.3 Å². The molecule has 1 aromatic carbocycles. The molecule has 0 bridgehead atoms. The Balaban J connectivity index is 2.84. The van der Waals surface area contributed by atoms with Crippen molar-refractivity contribution in [2.45, 2.75) is 20.0 Å². The number of hydrogen-bond donors (Lipinski definition) is 2. The molecule has 1 unspecified atom stereocenters. The molecule has 18 heavy (non-hydrogen) atoms. The molecule has 0 spiro atoms. The Morgan fingerprint density at radius 2 is 2.00 bits per heavy atom. The van der Waals surface area contributed by atoms with Gasteiger partial charge in [0.25, 0.3) is 0 Å². The monoisotopic (exact) mass is 250 g/mol. The smallest absolute Gasteiger partial charge is 0.224 e. The van der Waals surface area contributed by atoms with Gasteiger partial charge in [0.1, 0.15) is 0 Å². The van der Waals surface area contributed by atoms with Crippen LogP contribution in [0.25, 0.3) is 0 Å². The summed E-state index contributed by atoms with van der Waals surface area (Å²) in [7, 11) is 3.57. The number of rotatable bonds is 5. The second-order valence-corrected chi connectivity index (χ2v) is 4.63. The summed E-state index contributed by atoms with van der Waals surface area (Å²) in [5, 5.41) is 12.4. The molecule has 0 heterocycles. The van der Waals surface area contributed by atoms with Crippen LogP contribution in [-0.2, 0) is 4.79 Å². The standard InChI is InChI=1S/C14H22N2O2/c1-10(14(18)15-3)9-16(4)13-8-6-5-7-12(13)11(2)17/h5-8,10-11,17H,9H2,1-4H3,(H,15,18)/t10?,11-/m0/s1. The van der Waals surface area contributed by atoms with E-state index in [1.165, 1.54) is 0 Å². The number of hydrogen-bond acceptors (Lipinski definition) is 3. The summed E-state index contributed by atoms with van der Waals surface area (Å²) >= 11 is 0. The summed E-state index contributed by atoms with van der Waals surface area (Å²) in [6.07, 6.45) is -0.515. The van der Waals surface area contributed by atoms with Crippen LogP contribution in [0.4, 0.5) is 5.69 Å². The minimum atomic E-state index is -0.515. The van der Waals surface area contributed by atoms with Crippen LogP contribution in [-0.4, -0.2) is 31.7 Å². The average molecular weight is 250 g/mol. The molecule has 0 aromatic heterocycles. The second kappa shape index (κ2) is 6.40. The number of carbonyl (C=O) groups excluding carboxylic acids is 1. The summed E-state index contributed by atoms with van der Waals surface area (Å²) in [5.74, 6) is -0.0709. The molecule has 0 saturated heterocycles. The zero-order valence-electron chi connectivity index (χ0n) is 11.5. The van der Waals surface area contributed by atoms with Crippen LogP contribution in [0, 0.1) is 5.92 Å². The molecule has 0 fully saturated rings. The first kappa shape index (κ1) is 14.5. The van der Waals surface area contributed by atoms with Gasteiger partial charge in [-0.25, -0.2) is 0 Å². The Morgan fingerprint density at radius 3 is 2.56 bits per heavy atom. The fourth-order valence-electron chi connectivity index (χ4n) is 2.03. The van der Waals surface area contributed by atoms with Gasteiger partial charge in [0, 0.05) is 31.9 Å². The number of nitrogens with zero attached hydrogens (tertiary/aromatic N) is 1. The van der Waals surface area contributed by atoms with Crippen molar-refractivity contribution in [3.63, 3.8) is 0 Å². The van der Waals surface area contributed by atoms with Crippen molar-refractivity contribution < 1.29 is 9.90 Å². The fourth-order valence-corrected chi connectivity index (χ4v) is 2.03. The van der Waals surface area contributed by atoms with E-state index in [2.05, 4.69) is 5.32 Å². The number of para-hydroxylation sites is 1. The molecule has 2 N–H and O–H groups in total. The number of aliphatic hydroxyl groups is 1. The van der Waals surface area contributed by atoms with Crippen molar-refractivity contribution in [1.29, 1.82) is 0 Å². The lowest BCUT2D eigenvalue weighted by Gasteiger charge is -2.26. The molecule has 0 radical (unpaired) electrons. The van der Waals surface area contributed by atoms with Crippen molar-refractivity contribution in [2.75, 3.05) is 25.5 Å². The Bertz CT molecular complexity index is 405. The minimum absolute atomic E-state index is 0.0244. The van der Waals surface area contributed by atoms with Crippen molar-refractivity contribution in [1.82, 2.24) is 5.32 Å². The summed E-state index contributed by atoms with van der Waals surface area (Å²) in [6, 6.07) is 7.70. The lowest BCUT2D eigenvalue weighted by Crippen LogP contribution is -2.34. The first-order valence-corrected chi connectivity index (χ1v) is 6.17. The van der Waals surface area contributed by atoms with E-state index in [1.807, 2.05) is 43.1 Å². The minimum Gasteiger partial charge on any atom is -0.389 e. The van der Waals surface area contributed by atoms with Gasteiger partial charge < -0.3 is 15.3 Å². The molecule has 100 valence electrons. The number of benzene rings is 1. The zero-order chi connectivity index (χ0) is 13.7. The van der Waals surface area contributed by atoms with Crippen LogP contribution in [0.1, 0.15) is 25.5 Å². The highest BCUT2D eigenvalue weighted by Crippen LogP contribution is 2.25. The topological polar surface area (TPSA) is 52.6 Å². The second-order valence-electron chi connectivity index (χ2n) is 4.63. The maximum atomic E-state index is 11.5. The van der Waals surface area contributed by atoms with Crippen LogP contribution < -0.4 is 10.2 Å². The number of aliphatic hydroxyl groups excluding tert-OH is 1. The van der Waals surface area contributed by atoms with E-state index in [0.29, 0.717) is 6.54 Å². The molecular formula is C14H22N2O2. The first-order chi connectivity index (χ1) is 8.47. The fraction of sp³-hybridized carbons (Fsp3) is 0.500. The molecule has 0 aliphatic carbocycles. The predicted octanol–water partition coefficient (Wildman–Crippen LogP) is 1.56. The lowest BCUT2D eigenvalue weighted by atomic mass is 10.1. The number of amides is 1. The van der Waals surface area contributed by atoms with E-state index >= 15 is 0 Å². The Morgan fingerprint density at radius 1 is 1.39 bits per heavy atom. The lowest BCUT2D eigenvalue weighted by molar-refractivity contribution is -0.123. The van der Waals surface area contributed by atoms with Crippen molar-refractivity contribution in [3.05, 3.63) is 29.8 Å². The van der Waals surface area contributed by atoms with Gasteiger partial charge in [-0.1, -0.05) is 25.1 Å². The maximum absolute atomic E-state index is 11.5. The third-order valence-corrected chi connectivity index (χ3v) is 3.04. The quantitative estimate of drug-likeness (QED) is 0.834. The maximum Gasteiger partial charge on any atom is 0.224 e. The van der Waals surface area contributed by atoms with Gasteiger partial charge in [-0.05, 0) is 13.0 Å². The van der Waals surface area contributed by atoms with E-state index < -0.39 is 6.10 Å². The highest BCUT2D eigenvalue weighted by atomic mass is 16.3. The van der Waals surface area contributed by atoms with Gasteiger partial charge in [0.05, 0.1) is 12.0 Å². The molecule has 0 aliphatic heterocycles. The highest BCUT2D eigenvalue weighted by Gasteiger charge is 2.16. The summed E-state index contributed by atoms with van der Waals surface area (Å²) < 4.78 is 0. The largest absolute Gasteiger partial charge is 0.389 e. The number of anilines is 1. The Kier molecular flexibility index (Phi) is 5.16. The van der Waals surface area contributed by atoms with Gasteiger partial charge in [-0.3, -0.25) is 4.79 Å². The van der Waals surface area contributed by atoms with Crippen LogP contribution in [0.3, 0.4) is 0 Å². The van der Waals surface area contributed by atoms with E-state index in [9.17, 15) is 9.90 Å². The first-order valence-electron chi connectivity index (χ1n) is 6.17. The normalized spacial score (nSPS) is 13.8. The van der Waals surface area contributed by atoms with Crippen LogP contribution in [0.15, 0.2) is 24.3 Å². The van der Waals surface area contributed by atoms with Gasteiger partial charge >= 0.3 is 0 Å². The van der Waals surface area contributed by atoms with Crippen molar-refractivity contribution >= 4 is 11.6 Å². The van der Waals surface area contributed by atoms with Gasteiger partial charge in [-0.15, -0.1) is 0 Å². The summed E-state index contributed by atoms with van der Waals surface area (Å²) in [4.78, 5) is 13.5. The molecule has 4 nitrogen and oxygen atoms in total. The highest BCUT2D eigenvalue weighted by molar-refractivity contribution is 5.78. The van der Waals surface area contributed by atoms with Crippen molar-refractivity contribution in [3.8, 4) is 0 Å². The van der Waals surface area contributed by atoms with E-state index in [1.54, 1.807) is 14.0 Å². The molecule has 1 amide bonds. The van der Waals surface area contributed by atoms with Crippen LogP contribution >= 0.6 is 0 Å². The predicted molar refractivity (Wildman–Crippen MR) is 73.6 cm³/mol. The third-order valence-electron chi connectivity index (χ3n) is 3.04. The third kappa shape index (κ3) is 3.47. The van der Waals surface area contributed by atoms with Crippen LogP contribution in [0.2, 0.25) is 0 Å². The van der Waals surface area contributed by atoms with Crippen LogP contribution in [0.5, 0.6) is 0 Å². The molecule has 2 atom stereocenters. The van der Waals surface area contributed by atoms with Gasteiger partial charge in [-0.2, -0.15) is 0 Å². The van der Waals surface area contributed by atoms with E-state index in [-0.39, 0.29) is 11.8 Å². The van der Waals surface area contributed by atoms with Gasteiger partial charge in [0.15, 0.2) is 0 Å². The zero-order valence-corrected chi connectivity index (χ0v) is 11.5. The van der Waals surface area contributed by atoms with Crippen molar-refractivity contribution in [2.24, 2.45) is 5.92 Å². The molecule has 0 aliphatic rings. The average Bonchev–Trinajstić information content (AvgIpc) is 2.37. The SMILES string of the molecule is CNC(=O)C(C)CN(C)c1ccccc1[C@H](C)O. The number of carbonyl (C=O) groups is 1. The Labute approximate surface area is 109 Å². The molecular weight excluding hydrogens is 228 g/mol. The molecule has 1 rings (SSSR count). The van der Waals surface area contributed by atoms with E-state index in [4.69, 9.17) is 0 Å². The molecule has 1 aromatic rings.